The molecule has 52 valence electrons. The van der Waals surface area contributed by atoms with Gasteiger partial charge in [-0.3, -0.25) is 0 Å². The second-order valence-electron chi connectivity index (χ2n) is 2.26. The van der Waals surface area contributed by atoms with Gasteiger partial charge >= 0.3 is 0 Å². The molecule has 0 unspecified atom stereocenters. The lowest BCUT2D eigenvalue weighted by Gasteiger charge is -1.97. The first kappa shape index (κ1) is 5.59. The van der Waals surface area contributed by atoms with Crippen LogP contribution in [-0.2, 0) is 0 Å². The summed E-state index contributed by atoms with van der Waals surface area (Å²) in [5.74, 6) is 0. The van der Waals surface area contributed by atoms with Crippen molar-refractivity contribution in [1.29, 1.82) is 0 Å². The normalized spacial score (nSPS) is 10.8. The van der Waals surface area contributed by atoms with Crippen LogP contribution >= 0.6 is 0 Å². The highest BCUT2D eigenvalue weighted by Gasteiger charge is 1.98. The molecule has 0 aliphatic carbocycles. The smallest absolute Gasteiger partial charge is 0.113 e. The van der Waals surface area contributed by atoms with E-state index >= 15 is 0 Å². The van der Waals surface area contributed by atoms with Gasteiger partial charge in [0.25, 0.3) is 0 Å². The molecule has 0 aromatic heterocycles. The van der Waals surface area contributed by atoms with Gasteiger partial charge in [-0.25, -0.2) is 0 Å². The van der Waals surface area contributed by atoms with Crippen molar-refractivity contribution in [2.75, 3.05) is 0 Å². The Balaban J connectivity index is 3.36. The van der Waals surface area contributed by atoms with E-state index < -0.39 is 0 Å². The van der Waals surface area contributed by atoms with Gasteiger partial charge in [0.2, 0.25) is 0 Å². The third-order valence-electron chi connectivity index (χ3n) is 1.44. The molecule has 1 rings (SSSR count). The Labute approximate surface area is 61.3 Å². The summed E-state index contributed by atoms with van der Waals surface area (Å²) in [5, 5.41) is 2.88. The molecular formula is C8H9NO. The zero-order valence-electron chi connectivity index (χ0n) is 7.01. The lowest BCUT2D eigenvalue weighted by molar-refractivity contribution is 1.32. The van der Waals surface area contributed by atoms with Gasteiger partial charge in [-0.05, 0) is 30.2 Å². The van der Waals surface area contributed by atoms with Crippen molar-refractivity contribution < 1.29 is 1.37 Å². The molecule has 10 heavy (non-hydrogen) atoms. The maximum atomic E-state index is 10.2. The Morgan fingerprint density at radius 1 is 1.40 bits per heavy atom. The fraction of sp³-hybridized carbons (Fsp3) is 0.250. The molecule has 0 heterocycles. The van der Waals surface area contributed by atoms with Crippen LogP contribution in [0.1, 0.15) is 12.5 Å². The van der Waals surface area contributed by atoms with E-state index in [0.29, 0.717) is 11.7 Å². The van der Waals surface area contributed by atoms with E-state index in [1.54, 1.807) is 26.0 Å². The van der Waals surface area contributed by atoms with E-state index in [-0.39, 0.29) is 0 Å². The minimum absolute atomic E-state index is 0.424. The molecule has 0 N–H and O–H groups in total. The Hall–Kier alpha value is -1.18. The van der Waals surface area contributed by atoms with Gasteiger partial charge in [-0.2, -0.15) is 0 Å². The Morgan fingerprint density at radius 2 is 1.90 bits per heavy atom. The van der Waals surface area contributed by atoms with E-state index in [4.69, 9.17) is 1.37 Å². The molecule has 2 nitrogen and oxygen atoms in total. The summed E-state index contributed by atoms with van der Waals surface area (Å²) in [4.78, 5) is 10.2. The molecule has 2 heteroatoms. The minimum Gasteiger partial charge on any atom is -0.145 e. The lowest BCUT2D eigenvalue weighted by atomic mass is 10.1. The molecule has 0 aliphatic heterocycles. The maximum Gasteiger partial charge on any atom is 0.113 e. The van der Waals surface area contributed by atoms with Gasteiger partial charge in [-0.1, -0.05) is 18.2 Å². The molecule has 0 atom stereocenters. The summed E-state index contributed by atoms with van der Waals surface area (Å²) >= 11 is 0. The summed E-state index contributed by atoms with van der Waals surface area (Å²) in [7, 11) is 0. The van der Waals surface area contributed by atoms with Gasteiger partial charge in [0.15, 0.2) is 0 Å². The van der Waals surface area contributed by atoms with Crippen molar-refractivity contribution >= 4 is 5.69 Å². The highest BCUT2D eigenvalue weighted by molar-refractivity contribution is 5.51. The molecule has 0 saturated carbocycles. The number of nitrogens with zero attached hydrogens (tertiary/aromatic N) is 1. The zero-order chi connectivity index (χ0) is 8.43. The molecule has 0 radical (unpaired) electrons. The third kappa shape index (κ3) is 1.05. The second-order valence-corrected chi connectivity index (χ2v) is 2.26. The molecule has 0 aliphatic rings. The Kier molecular flexibility index (Phi) is 1.46. The minimum atomic E-state index is 0.424. The monoisotopic (exact) mass is 136 g/mol. The summed E-state index contributed by atoms with van der Waals surface area (Å²) in [5.41, 5.74) is 2.00. The van der Waals surface area contributed by atoms with Crippen LogP contribution in [0.15, 0.2) is 23.4 Å². The van der Waals surface area contributed by atoms with E-state index in [2.05, 4.69) is 5.18 Å². The number of rotatable bonds is 1. The topological polar surface area (TPSA) is 29.4 Å². The van der Waals surface area contributed by atoms with Gasteiger partial charge in [-0.15, -0.1) is 4.91 Å². The molecular weight excluding hydrogens is 126 g/mol. The van der Waals surface area contributed by atoms with Crippen LogP contribution in [-0.4, -0.2) is 0 Å². The molecule has 0 spiro atoms. The molecule has 1 aromatic rings. The first-order valence-corrected chi connectivity index (χ1v) is 3.06. The summed E-state index contributed by atoms with van der Waals surface area (Å²) < 4.78 is 7.30. The van der Waals surface area contributed by atoms with Crippen molar-refractivity contribution in [3.63, 3.8) is 0 Å². The zero-order valence-corrected chi connectivity index (χ0v) is 6.01. The fourth-order valence-corrected chi connectivity index (χ4v) is 0.883. The Morgan fingerprint density at radius 3 is 2.30 bits per heavy atom. The first-order chi connectivity index (χ1) is 5.15. The highest BCUT2D eigenvalue weighted by atomic mass is 16.3. The molecule has 0 bridgehead atoms. The molecule has 1 aromatic carbocycles. The van der Waals surface area contributed by atoms with Crippen LogP contribution in [0, 0.1) is 18.8 Å². The molecule has 0 fully saturated rings. The standard InChI is InChI=1S/C8H9NO/c1-6-4-3-5-7(2)8(6)9-10/h3-5H,1-2H3/i3D. The maximum absolute atomic E-state index is 10.2. The van der Waals surface area contributed by atoms with Crippen LogP contribution in [0.2, 0.25) is 0 Å². The van der Waals surface area contributed by atoms with Gasteiger partial charge in [0, 0.05) is 0 Å². The first-order valence-electron chi connectivity index (χ1n) is 3.56. The number of benzene rings is 1. The van der Waals surface area contributed by atoms with Gasteiger partial charge < -0.3 is 0 Å². The summed E-state index contributed by atoms with van der Waals surface area (Å²) in [6.07, 6.45) is 0. The van der Waals surface area contributed by atoms with Crippen molar-refractivity contribution in [3.05, 3.63) is 34.2 Å². The van der Waals surface area contributed by atoms with Crippen molar-refractivity contribution in [3.8, 4) is 0 Å². The molecule has 0 saturated heterocycles. The van der Waals surface area contributed by atoms with Crippen molar-refractivity contribution in [1.82, 2.24) is 0 Å². The van der Waals surface area contributed by atoms with Gasteiger partial charge in [0.1, 0.15) is 5.69 Å². The van der Waals surface area contributed by atoms with Crippen molar-refractivity contribution in [2.45, 2.75) is 13.8 Å². The predicted molar refractivity (Wildman–Crippen MR) is 41.4 cm³/mol. The number of hydrogen-bond donors (Lipinski definition) is 0. The van der Waals surface area contributed by atoms with Crippen LogP contribution in [0.3, 0.4) is 0 Å². The van der Waals surface area contributed by atoms with E-state index in [0.717, 1.165) is 11.1 Å². The second kappa shape index (κ2) is 2.60. The number of hydrogen-bond acceptors (Lipinski definition) is 2. The lowest BCUT2D eigenvalue weighted by Crippen LogP contribution is -1.76. The average molecular weight is 136 g/mol. The van der Waals surface area contributed by atoms with Crippen LogP contribution < -0.4 is 0 Å². The number of nitroso groups, excluding NO2 is 1. The quantitative estimate of drug-likeness (QED) is 0.546. The fourth-order valence-electron chi connectivity index (χ4n) is 0.883. The summed E-state index contributed by atoms with van der Waals surface area (Å²) in [6, 6.07) is 3.68. The van der Waals surface area contributed by atoms with Crippen LogP contribution in [0.25, 0.3) is 0 Å². The Bertz CT molecular complexity index is 273. The van der Waals surface area contributed by atoms with Gasteiger partial charge in [0.05, 0.1) is 1.37 Å². The van der Waals surface area contributed by atoms with Crippen molar-refractivity contribution in [2.24, 2.45) is 5.18 Å². The van der Waals surface area contributed by atoms with E-state index in [1.165, 1.54) is 0 Å². The SMILES string of the molecule is [2H]c1cc(C)c(N=O)c(C)c1. The summed E-state index contributed by atoms with van der Waals surface area (Å²) in [6.45, 7) is 3.56. The predicted octanol–water partition coefficient (Wildman–Crippen LogP) is 2.70. The van der Waals surface area contributed by atoms with E-state index in [1.807, 2.05) is 0 Å². The third-order valence-corrected chi connectivity index (χ3v) is 1.44. The molecule has 0 amide bonds. The van der Waals surface area contributed by atoms with Crippen LogP contribution in [0.5, 0.6) is 0 Å². The van der Waals surface area contributed by atoms with Crippen LogP contribution in [0.4, 0.5) is 5.69 Å². The average Bonchev–Trinajstić information content (AvgIpc) is 1.85. The largest absolute Gasteiger partial charge is 0.145 e. The highest BCUT2D eigenvalue weighted by Crippen LogP contribution is 2.21. The number of aryl methyl sites for hydroxylation is 2. The van der Waals surface area contributed by atoms with E-state index in [9.17, 15) is 4.91 Å².